The van der Waals surface area contributed by atoms with Gasteiger partial charge in [-0.2, -0.15) is 5.10 Å². The van der Waals surface area contributed by atoms with Crippen LogP contribution in [0.4, 0.5) is 5.82 Å². The van der Waals surface area contributed by atoms with Gasteiger partial charge in [0.15, 0.2) is 0 Å². The highest BCUT2D eigenvalue weighted by molar-refractivity contribution is 7.80. The van der Waals surface area contributed by atoms with Gasteiger partial charge >= 0.3 is 0 Å². The summed E-state index contributed by atoms with van der Waals surface area (Å²) in [7, 11) is 0. The molecule has 1 atom stereocenters. The molecule has 2 aromatic heterocycles. The van der Waals surface area contributed by atoms with Crippen LogP contribution in [0.1, 0.15) is 34.8 Å². The summed E-state index contributed by atoms with van der Waals surface area (Å²) < 4.78 is 0. The van der Waals surface area contributed by atoms with Crippen molar-refractivity contribution in [2.45, 2.75) is 25.2 Å². The molecule has 0 radical (unpaired) electrons. The Morgan fingerprint density at radius 3 is 3.25 bits per heavy atom. The van der Waals surface area contributed by atoms with Gasteiger partial charge in [0, 0.05) is 4.88 Å². The van der Waals surface area contributed by atoms with E-state index in [9.17, 15) is 4.79 Å². The van der Waals surface area contributed by atoms with Crippen LogP contribution < -0.4 is 11.1 Å². The number of anilines is 1. The van der Waals surface area contributed by atoms with E-state index < -0.39 is 0 Å². The second-order valence-electron chi connectivity index (χ2n) is 4.76. The van der Waals surface area contributed by atoms with Gasteiger partial charge in [-0.15, -0.1) is 11.3 Å². The zero-order valence-electron chi connectivity index (χ0n) is 10.7. The van der Waals surface area contributed by atoms with Crippen LogP contribution in [0.2, 0.25) is 0 Å². The van der Waals surface area contributed by atoms with Crippen molar-refractivity contribution in [1.82, 2.24) is 10.2 Å². The molecule has 1 amide bonds. The van der Waals surface area contributed by atoms with Gasteiger partial charge in [0.1, 0.15) is 10.8 Å². The number of carbonyl (C=O) groups is 1. The molecule has 1 aliphatic carbocycles. The van der Waals surface area contributed by atoms with Gasteiger partial charge in [-0.05, 0) is 36.3 Å². The van der Waals surface area contributed by atoms with Gasteiger partial charge in [-0.3, -0.25) is 9.89 Å². The van der Waals surface area contributed by atoms with Crippen LogP contribution in [-0.2, 0) is 11.2 Å². The third-order valence-electron chi connectivity index (χ3n) is 3.52. The molecule has 0 aliphatic heterocycles. The number of carbonyl (C=O) groups excluding carboxylic acids is 1. The number of nitrogens with one attached hydrogen (secondary N) is 2. The van der Waals surface area contributed by atoms with Crippen LogP contribution >= 0.6 is 23.6 Å². The molecule has 1 aliphatic rings. The Balaban J connectivity index is 1.81. The quantitative estimate of drug-likeness (QED) is 0.759. The highest BCUT2D eigenvalue weighted by atomic mass is 32.1. The average Bonchev–Trinajstić information content (AvgIpc) is 3.05. The molecule has 4 N–H and O–H groups in total. The van der Waals surface area contributed by atoms with Gasteiger partial charge in [0.05, 0.1) is 17.7 Å². The number of hydrogen-bond acceptors (Lipinski definition) is 4. The first-order valence-electron chi connectivity index (χ1n) is 6.37. The molecule has 5 nitrogen and oxygen atoms in total. The molecule has 7 heteroatoms. The minimum Gasteiger partial charge on any atom is -0.389 e. The van der Waals surface area contributed by atoms with E-state index in [0.29, 0.717) is 11.4 Å². The predicted octanol–water partition coefficient (Wildman–Crippen LogP) is 2.16. The molecule has 0 fully saturated rings. The maximum absolute atomic E-state index is 12.5. The molecule has 2 aromatic rings. The molecular formula is C13H14N4OS2. The van der Waals surface area contributed by atoms with E-state index in [1.807, 2.05) is 11.4 Å². The van der Waals surface area contributed by atoms with Crippen LogP contribution in [0, 0.1) is 0 Å². The number of aromatic amines is 1. The van der Waals surface area contributed by atoms with Crippen molar-refractivity contribution in [3.8, 4) is 0 Å². The van der Waals surface area contributed by atoms with Gasteiger partial charge in [0.2, 0.25) is 5.91 Å². The Kier molecular flexibility index (Phi) is 3.54. The van der Waals surface area contributed by atoms with Gasteiger partial charge in [-0.25, -0.2) is 0 Å². The standard InChI is InChI=1S/C13H14N4OS2/c14-11(19)9-6-15-17-12(9)16-13(18)8-2-1-3-10-7(8)4-5-20-10/h4-6,8H,1-3H2,(H2,14,19)(H2,15,16,17,18). The Morgan fingerprint density at radius 2 is 2.45 bits per heavy atom. The summed E-state index contributed by atoms with van der Waals surface area (Å²) in [6.45, 7) is 0. The summed E-state index contributed by atoms with van der Waals surface area (Å²) in [5.74, 6) is 0.337. The van der Waals surface area contributed by atoms with Crippen LogP contribution in [0.15, 0.2) is 17.6 Å². The smallest absolute Gasteiger partial charge is 0.233 e. The molecule has 0 aromatic carbocycles. The SMILES string of the molecule is NC(=S)c1cn[nH]c1NC(=O)C1CCCc2sccc21. The molecule has 1 unspecified atom stereocenters. The molecule has 104 valence electrons. The summed E-state index contributed by atoms with van der Waals surface area (Å²) in [6.07, 6.45) is 4.50. The monoisotopic (exact) mass is 306 g/mol. The topological polar surface area (TPSA) is 83.8 Å². The van der Waals surface area contributed by atoms with Crippen LogP contribution in [0.5, 0.6) is 0 Å². The number of thiophene rings is 1. The van der Waals surface area contributed by atoms with Gasteiger partial charge in [-0.1, -0.05) is 12.2 Å². The molecule has 0 spiro atoms. The van der Waals surface area contributed by atoms with Crippen molar-refractivity contribution < 1.29 is 4.79 Å². The molecular weight excluding hydrogens is 292 g/mol. The van der Waals surface area contributed by atoms with Gasteiger partial charge < -0.3 is 11.1 Å². The number of aryl methyl sites for hydroxylation is 1. The lowest BCUT2D eigenvalue weighted by atomic mass is 9.87. The minimum atomic E-state index is -0.104. The Morgan fingerprint density at radius 1 is 1.60 bits per heavy atom. The molecule has 0 bridgehead atoms. The number of rotatable bonds is 3. The largest absolute Gasteiger partial charge is 0.389 e. The number of H-pyrrole nitrogens is 1. The van der Waals surface area contributed by atoms with E-state index in [-0.39, 0.29) is 16.8 Å². The van der Waals surface area contributed by atoms with Crippen molar-refractivity contribution in [1.29, 1.82) is 0 Å². The first-order chi connectivity index (χ1) is 9.66. The predicted molar refractivity (Wildman–Crippen MR) is 83.1 cm³/mol. The Hall–Kier alpha value is -1.73. The summed E-state index contributed by atoms with van der Waals surface area (Å²) in [6, 6.07) is 2.05. The summed E-state index contributed by atoms with van der Waals surface area (Å²) in [5.41, 5.74) is 7.31. The van der Waals surface area contributed by atoms with E-state index >= 15 is 0 Å². The van der Waals surface area contributed by atoms with E-state index in [2.05, 4.69) is 15.5 Å². The number of hydrogen-bond donors (Lipinski definition) is 3. The van der Waals surface area contributed by atoms with Crippen LogP contribution in [0.25, 0.3) is 0 Å². The zero-order chi connectivity index (χ0) is 14.1. The minimum absolute atomic E-state index is 0.0360. The maximum Gasteiger partial charge on any atom is 0.233 e. The fourth-order valence-electron chi connectivity index (χ4n) is 2.54. The van der Waals surface area contributed by atoms with E-state index in [4.69, 9.17) is 18.0 Å². The van der Waals surface area contributed by atoms with Crippen LogP contribution in [0.3, 0.4) is 0 Å². The van der Waals surface area contributed by atoms with Crippen molar-refractivity contribution in [2.24, 2.45) is 5.73 Å². The first-order valence-corrected chi connectivity index (χ1v) is 7.66. The summed E-state index contributed by atoms with van der Waals surface area (Å²) in [4.78, 5) is 14.0. The first kappa shape index (κ1) is 13.3. The molecule has 2 heterocycles. The second-order valence-corrected chi connectivity index (χ2v) is 6.20. The number of thiocarbonyl (C=S) groups is 1. The van der Waals surface area contributed by atoms with Crippen molar-refractivity contribution in [2.75, 3.05) is 5.32 Å². The second kappa shape index (κ2) is 5.34. The highest BCUT2D eigenvalue weighted by Gasteiger charge is 2.28. The third-order valence-corrected chi connectivity index (χ3v) is 4.74. The van der Waals surface area contributed by atoms with E-state index in [1.54, 1.807) is 11.3 Å². The Labute approximate surface area is 125 Å². The molecule has 20 heavy (non-hydrogen) atoms. The number of aromatic nitrogens is 2. The molecule has 0 saturated carbocycles. The number of nitrogens with two attached hydrogens (primary N) is 1. The lowest BCUT2D eigenvalue weighted by Crippen LogP contribution is -2.25. The average molecular weight is 306 g/mol. The van der Waals surface area contributed by atoms with Crippen molar-refractivity contribution in [3.63, 3.8) is 0 Å². The molecule has 0 saturated heterocycles. The normalized spacial score (nSPS) is 17.5. The third kappa shape index (κ3) is 2.34. The number of fused-ring (bicyclic) bond motifs is 1. The number of nitrogens with zero attached hydrogens (tertiary/aromatic N) is 1. The van der Waals surface area contributed by atoms with E-state index in [1.165, 1.54) is 11.1 Å². The fourth-order valence-corrected chi connectivity index (χ4v) is 3.68. The fraction of sp³-hybridized carbons (Fsp3) is 0.308. The number of amides is 1. The van der Waals surface area contributed by atoms with Crippen molar-refractivity contribution >= 4 is 40.3 Å². The summed E-state index contributed by atoms with van der Waals surface area (Å²) in [5, 5.41) is 11.5. The maximum atomic E-state index is 12.5. The van der Waals surface area contributed by atoms with Gasteiger partial charge in [0.25, 0.3) is 0 Å². The van der Waals surface area contributed by atoms with Crippen molar-refractivity contribution in [3.05, 3.63) is 33.6 Å². The Bertz CT molecular complexity index is 661. The molecule has 3 rings (SSSR count). The van der Waals surface area contributed by atoms with Crippen LogP contribution in [-0.4, -0.2) is 21.1 Å². The highest BCUT2D eigenvalue weighted by Crippen LogP contribution is 2.35. The van der Waals surface area contributed by atoms with E-state index in [0.717, 1.165) is 24.8 Å². The lowest BCUT2D eigenvalue weighted by molar-refractivity contribution is -0.117. The summed E-state index contributed by atoms with van der Waals surface area (Å²) >= 11 is 6.65. The lowest BCUT2D eigenvalue weighted by Gasteiger charge is -2.21. The zero-order valence-corrected chi connectivity index (χ0v) is 12.3.